The quantitative estimate of drug-likeness (QED) is 0.533. The molecule has 2 atom stereocenters. The summed E-state index contributed by atoms with van der Waals surface area (Å²) in [5.74, 6) is -0.0738. The Balaban J connectivity index is 3.83. The van der Waals surface area contributed by atoms with Crippen LogP contribution in [0.25, 0.3) is 0 Å². The molecule has 0 bridgehead atoms. The Kier molecular flexibility index (Phi) is 7.65. The summed E-state index contributed by atoms with van der Waals surface area (Å²) in [6, 6.07) is -0.551. The van der Waals surface area contributed by atoms with Gasteiger partial charge in [-0.25, -0.2) is 0 Å². The zero-order chi connectivity index (χ0) is 11.8. The van der Waals surface area contributed by atoms with Gasteiger partial charge in [0.1, 0.15) is 12.4 Å². The van der Waals surface area contributed by atoms with Gasteiger partial charge in [-0.1, -0.05) is 13.8 Å². The van der Waals surface area contributed by atoms with E-state index >= 15 is 0 Å². The third kappa shape index (κ3) is 7.54. The molecule has 0 aromatic rings. The van der Waals surface area contributed by atoms with Crippen molar-refractivity contribution in [2.24, 2.45) is 5.92 Å². The minimum atomic E-state index is -2.05. The van der Waals surface area contributed by atoms with Gasteiger partial charge in [-0.3, -0.25) is 9.88 Å². The molecule has 0 amide bonds. The van der Waals surface area contributed by atoms with Crippen LogP contribution in [0.4, 0.5) is 0 Å². The molecule has 0 aliphatic heterocycles. The molecule has 0 aromatic heterocycles. The zero-order valence-electron chi connectivity index (χ0n) is 9.70. The van der Waals surface area contributed by atoms with Crippen LogP contribution in [-0.2, 0) is 18.8 Å². The fourth-order valence-electron chi connectivity index (χ4n) is 0.847. The molecular formula is C9H20NO4P. The van der Waals surface area contributed by atoms with Crippen LogP contribution < -0.4 is 5.09 Å². The first-order valence-electron chi connectivity index (χ1n) is 4.92. The molecular weight excluding hydrogens is 217 g/mol. The van der Waals surface area contributed by atoms with E-state index in [9.17, 15) is 9.36 Å². The van der Waals surface area contributed by atoms with Gasteiger partial charge in [-0.05, 0) is 12.8 Å². The lowest BCUT2D eigenvalue weighted by Gasteiger charge is -2.13. The molecule has 0 spiro atoms. The van der Waals surface area contributed by atoms with E-state index in [0.29, 0.717) is 12.5 Å². The van der Waals surface area contributed by atoms with Crippen molar-refractivity contribution in [3.8, 4) is 0 Å². The van der Waals surface area contributed by atoms with Gasteiger partial charge in [0.2, 0.25) is 0 Å². The van der Waals surface area contributed by atoms with Crippen molar-refractivity contribution < 1.29 is 18.8 Å². The lowest BCUT2D eigenvalue weighted by atomic mass is 10.2. The summed E-state index contributed by atoms with van der Waals surface area (Å²) in [6.45, 7) is 5.93. The lowest BCUT2D eigenvalue weighted by molar-refractivity contribution is -0.146. The fourth-order valence-corrected chi connectivity index (χ4v) is 1.79. The molecule has 90 valence electrons. The first-order valence-corrected chi connectivity index (χ1v) is 6.53. The average molecular weight is 237 g/mol. The van der Waals surface area contributed by atoms with Crippen LogP contribution in [-0.4, -0.2) is 32.1 Å². The lowest BCUT2D eigenvalue weighted by Crippen LogP contribution is -2.32. The first-order chi connectivity index (χ1) is 6.97. The first kappa shape index (κ1) is 14.6. The summed E-state index contributed by atoms with van der Waals surface area (Å²) in [4.78, 5) is 11.3. The van der Waals surface area contributed by atoms with Crippen molar-refractivity contribution in [3.05, 3.63) is 0 Å². The topological polar surface area (TPSA) is 64.6 Å². The van der Waals surface area contributed by atoms with Crippen molar-refractivity contribution in [3.63, 3.8) is 0 Å². The number of methoxy groups -OCH3 is 1. The molecule has 6 heteroatoms. The third-order valence-electron chi connectivity index (χ3n) is 1.57. The fraction of sp³-hybridized carbons (Fsp3) is 0.889. The molecule has 0 aromatic carbocycles. The molecule has 5 nitrogen and oxygen atoms in total. The highest BCUT2D eigenvalue weighted by molar-refractivity contribution is 7.42. The molecule has 15 heavy (non-hydrogen) atoms. The van der Waals surface area contributed by atoms with Crippen molar-refractivity contribution in [1.82, 2.24) is 5.09 Å². The minimum Gasteiger partial charge on any atom is -0.464 e. The highest BCUT2D eigenvalue weighted by Crippen LogP contribution is 2.15. The molecule has 2 unspecified atom stereocenters. The van der Waals surface area contributed by atoms with E-state index in [1.165, 1.54) is 7.11 Å². The Labute approximate surface area is 91.4 Å². The molecule has 0 radical (unpaired) electrons. The number of esters is 1. The summed E-state index contributed by atoms with van der Waals surface area (Å²) in [5, 5.41) is 2.65. The van der Waals surface area contributed by atoms with E-state index in [0.717, 1.165) is 0 Å². The summed E-state index contributed by atoms with van der Waals surface area (Å²) in [6.07, 6.45) is 0.131. The van der Waals surface area contributed by atoms with Gasteiger partial charge in [0.05, 0.1) is 6.61 Å². The van der Waals surface area contributed by atoms with Gasteiger partial charge < -0.3 is 14.0 Å². The zero-order valence-corrected chi connectivity index (χ0v) is 10.7. The SMILES string of the molecule is COC[PH](=O)NC(C)C(=O)OCC(C)C. The van der Waals surface area contributed by atoms with E-state index in [4.69, 9.17) is 9.47 Å². The summed E-state index contributed by atoms with van der Waals surface area (Å²) in [7, 11) is -0.581. The second kappa shape index (κ2) is 7.85. The van der Waals surface area contributed by atoms with Crippen LogP contribution >= 0.6 is 7.95 Å². The second-order valence-electron chi connectivity index (χ2n) is 3.75. The Morgan fingerprint density at radius 2 is 2.00 bits per heavy atom. The summed E-state index contributed by atoms with van der Waals surface area (Å²) < 4.78 is 20.9. The maximum absolute atomic E-state index is 11.3. The van der Waals surface area contributed by atoms with E-state index in [2.05, 4.69) is 5.09 Å². The summed E-state index contributed by atoms with van der Waals surface area (Å²) >= 11 is 0. The van der Waals surface area contributed by atoms with Gasteiger partial charge >= 0.3 is 5.97 Å². The van der Waals surface area contributed by atoms with Crippen LogP contribution in [0.1, 0.15) is 20.8 Å². The van der Waals surface area contributed by atoms with E-state index in [-0.39, 0.29) is 12.3 Å². The molecule has 0 saturated carbocycles. The highest BCUT2D eigenvalue weighted by atomic mass is 31.1. The second-order valence-corrected chi connectivity index (χ2v) is 5.17. The highest BCUT2D eigenvalue weighted by Gasteiger charge is 2.16. The molecule has 0 aliphatic carbocycles. The van der Waals surface area contributed by atoms with Gasteiger partial charge in [0, 0.05) is 7.11 Å². The largest absolute Gasteiger partial charge is 0.464 e. The van der Waals surface area contributed by atoms with Crippen LogP contribution in [0.15, 0.2) is 0 Å². The van der Waals surface area contributed by atoms with Gasteiger partial charge in [-0.15, -0.1) is 0 Å². The van der Waals surface area contributed by atoms with Crippen molar-refractivity contribution in [2.75, 3.05) is 20.1 Å². The predicted molar refractivity (Wildman–Crippen MR) is 59.3 cm³/mol. The smallest absolute Gasteiger partial charge is 0.323 e. The number of carbonyl (C=O) groups is 1. The van der Waals surface area contributed by atoms with E-state index in [1.54, 1.807) is 6.92 Å². The Hall–Kier alpha value is -0.380. The molecule has 0 fully saturated rings. The van der Waals surface area contributed by atoms with Crippen LogP contribution in [0.2, 0.25) is 0 Å². The Morgan fingerprint density at radius 3 is 2.47 bits per heavy atom. The molecule has 1 N–H and O–H groups in total. The number of carbonyl (C=O) groups excluding carboxylic acids is 1. The van der Waals surface area contributed by atoms with Gasteiger partial charge in [0.25, 0.3) is 0 Å². The standard InChI is InChI=1S/C9H20NO4P/c1-7(2)5-14-9(11)8(3)10-15(12)6-13-4/h7-8,15H,5-6H2,1-4H3,(H,10,12). The minimum absolute atomic E-state index is 0.131. The van der Waals surface area contributed by atoms with Crippen LogP contribution in [0.5, 0.6) is 0 Å². The predicted octanol–water partition coefficient (Wildman–Crippen LogP) is 1.24. The number of ether oxygens (including phenoxy) is 2. The van der Waals surface area contributed by atoms with E-state index < -0.39 is 14.0 Å². The van der Waals surface area contributed by atoms with Crippen molar-refractivity contribution in [2.45, 2.75) is 26.8 Å². The molecule has 0 saturated heterocycles. The van der Waals surface area contributed by atoms with Crippen molar-refractivity contribution >= 4 is 13.9 Å². The molecule has 0 heterocycles. The monoisotopic (exact) mass is 237 g/mol. The molecule has 0 aliphatic rings. The van der Waals surface area contributed by atoms with Gasteiger partial charge in [-0.2, -0.15) is 0 Å². The third-order valence-corrected chi connectivity index (χ3v) is 2.87. The maximum atomic E-state index is 11.3. The van der Waals surface area contributed by atoms with Crippen LogP contribution in [0.3, 0.4) is 0 Å². The van der Waals surface area contributed by atoms with Gasteiger partial charge in [0.15, 0.2) is 7.95 Å². The Morgan fingerprint density at radius 1 is 1.40 bits per heavy atom. The number of nitrogens with one attached hydrogen (secondary N) is 1. The number of rotatable bonds is 7. The Bertz CT molecular complexity index is 220. The number of hydrogen-bond acceptors (Lipinski definition) is 4. The van der Waals surface area contributed by atoms with Crippen molar-refractivity contribution in [1.29, 1.82) is 0 Å². The summed E-state index contributed by atoms with van der Waals surface area (Å²) in [5.41, 5.74) is 0. The van der Waals surface area contributed by atoms with Crippen LogP contribution in [0, 0.1) is 5.92 Å². The normalized spacial score (nSPS) is 15.0. The average Bonchev–Trinajstić information content (AvgIpc) is 2.14. The maximum Gasteiger partial charge on any atom is 0.323 e. The molecule has 0 rings (SSSR count). The van der Waals surface area contributed by atoms with E-state index in [1.807, 2.05) is 13.8 Å². The number of hydrogen-bond donors (Lipinski definition) is 1.